The van der Waals surface area contributed by atoms with Gasteiger partial charge in [0.25, 0.3) is 0 Å². The number of likely N-dealkylation sites (N-methyl/N-ethyl adjacent to an activating group) is 1. The Hall–Kier alpha value is -3.66. The number of nitrogens with zero attached hydrogens (tertiary/aromatic N) is 4. The Morgan fingerprint density at radius 2 is 1.68 bits per heavy atom. The molecular formula is C27H32FN5O4. The SMILES string of the molecule is CN1CC(=O)N2C(CN(C3CCCC3)C(=O)[C@@H]2Cc2ccc(O)cc2)N1C(=O)NCc1ccc(F)cc1. The lowest BCUT2D eigenvalue weighted by Crippen LogP contribution is -2.76. The number of phenolic OH excluding ortho intramolecular Hbond substituents is 1. The molecule has 2 heterocycles. The highest BCUT2D eigenvalue weighted by molar-refractivity contribution is 5.92. The van der Waals surface area contributed by atoms with Gasteiger partial charge in [-0.1, -0.05) is 37.1 Å². The van der Waals surface area contributed by atoms with Crippen LogP contribution in [0, 0.1) is 5.82 Å². The number of nitrogens with one attached hydrogen (secondary N) is 1. The summed E-state index contributed by atoms with van der Waals surface area (Å²) in [4.78, 5) is 44.0. The second kappa shape index (κ2) is 10.4. The van der Waals surface area contributed by atoms with Crippen LogP contribution in [0.1, 0.15) is 36.8 Å². The van der Waals surface area contributed by atoms with Gasteiger partial charge in [0.15, 0.2) is 0 Å². The van der Waals surface area contributed by atoms with Crippen molar-refractivity contribution < 1.29 is 23.9 Å². The fourth-order valence-electron chi connectivity index (χ4n) is 5.73. The third kappa shape index (κ3) is 5.11. The van der Waals surface area contributed by atoms with E-state index in [2.05, 4.69) is 5.32 Å². The van der Waals surface area contributed by atoms with Crippen molar-refractivity contribution in [3.05, 3.63) is 65.5 Å². The van der Waals surface area contributed by atoms with Crippen LogP contribution in [0.25, 0.3) is 0 Å². The monoisotopic (exact) mass is 509 g/mol. The molecule has 1 aliphatic carbocycles. The fourth-order valence-corrected chi connectivity index (χ4v) is 5.73. The number of fused-ring (bicyclic) bond motifs is 1. The molecule has 0 radical (unpaired) electrons. The second-order valence-electron chi connectivity index (χ2n) is 10.0. The fraction of sp³-hybridized carbons (Fsp3) is 0.444. The van der Waals surface area contributed by atoms with Gasteiger partial charge in [-0.25, -0.2) is 19.2 Å². The van der Waals surface area contributed by atoms with E-state index in [0.29, 0.717) is 6.42 Å². The van der Waals surface area contributed by atoms with Crippen molar-refractivity contribution in [1.29, 1.82) is 0 Å². The number of benzene rings is 2. The number of piperazine rings is 1. The number of halogens is 1. The van der Waals surface area contributed by atoms with Gasteiger partial charge in [0.05, 0.1) is 13.1 Å². The molecule has 1 saturated carbocycles. The highest BCUT2D eigenvalue weighted by atomic mass is 19.1. The molecule has 5 rings (SSSR count). The summed E-state index contributed by atoms with van der Waals surface area (Å²) in [6.45, 7) is 0.408. The molecule has 2 aromatic rings. The van der Waals surface area contributed by atoms with Gasteiger partial charge in [-0.2, -0.15) is 0 Å². The first-order valence-electron chi connectivity index (χ1n) is 12.7. The number of hydrogen-bond donors (Lipinski definition) is 2. The summed E-state index contributed by atoms with van der Waals surface area (Å²) >= 11 is 0. The first-order valence-corrected chi connectivity index (χ1v) is 12.7. The highest BCUT2D eigenvalue weighted by Gasteiger charge is 2.51. The lowest BCUT2D eigenvalue weighted by Gasteiger charge is -2.55. The van der Waals surface area contributed by atoms with Gasteiger partial charge in [-0.3, -0.25) is 9.59 Å². The standard InChI is InChI=1S/C27H32FN5O4/c1-30-17-25(35)32-23(14-18-8-12-22(34)13-9-18)26(36)31(21-4-2-3-5-21)16-24(32)33(30)27(37)29-15-19-6-10-20(28)11-7-19/h6-13,21,23-24,34H,2-5,14-17H2,1H3,(H,29,37)/t23-,24?/m0/s1. The Bertz CT molecular complexity index is 1150. The molecule has 2 aromatic carbocycles. The number of amides is 4. The van der Waals surface area contributed by atoms with E-state index < -0.39 is 18.2 Å². The first-order chi connectivity index (χ1) is 17.8. The number of carbonyl (C=O) groups excluding carboxylic acids is 3. The molecule has 4 amide bonds. The zero-order valence-electron chi connectivity index (χ0n) is 20.8. The van der Waals surface area contributed by atoms with Crippen LogP contribution in [0.4, 0.5) is 9.18 Å². The van der Waals surface area contributed by atoms with Crippen molar-refractivity contribution in [3.8, 4) is 5.75 Å². The van der Waals surface area contributed by atoms with E-state index in [4.69, 9.17) is 0 Å². The number of phenols is 1. The van der Waals surface area contributed by atoms with Gasteiger partial charge >= 0.3 is 6.03 Å². The molecule has 196 valence electrons. The van der Waals surface area contributed by atoms with Crippen LogP contribution in [-0.4, -0.2) is 81.2 Å². The Morgan fingerprint density at radius 3 is 2.35 bits per heavy atom. The molecule has 2 N–H and O–H groups in total. The van der Waals surface area contributed by atoms with Gasteiger partial charge in [-0.05, 0) is 48.2 Å². The third-order valence-corrected chi connectivity index (χ3v) is 7.58. The molecule has 0 spiro atoms. The molecule has 3 fully saturated rings. The Labute approximate surface area is 215 Å². The van der Waals surface area contributed by atoms with E-state index in [0.717, 1.165) is 36.8 Å². The summed E-state index contributed by atoms with van der Waals surface area (Å²) in [5, 5.41) is 15.7. The maximum atomic E-state index is 13.8. The molecule has 0 aromatic heterocycles. The Kier molecular flexibility index (Phi) is 7.01. The van der Waals surface area contributed by atoms with E-state index in [1.807, 2.05) is 4.90 Å². The van der Waals surface area contributed by atoms with Gasteiger partial charge in [-0.15, -0.1) is 0 Å². The Morgan fingerprint density at radius 1 is 1.03 bits per heavy atom. The van der Waals surface area contributed by atoms with Crippen molar-refractivity contribution in [2.45, 2.75) is 56.9 Å². The van der Waals surface area contributed by atoms with E-state index in [1.54, 1.807) is 53.4 Å². The van der Waals surface area contributed by atoms with Crippen LogP contribution < -0.4 is 5.32 Å². The van der Waals surface area contributed by atoms with Gasteiger partial charge in [0, 0.05) is 26.1 Å². The number of aromatic hydroxyl groups is 1. The number of carbonyl (C=O) groups is 3. The lowest BCUT2D eigenvalue weighted by molar-refractivity contribution is -0.189. The number of hydrogen-bond acceptors (Lipinski definition) is 5. The van der Waals surface area contributed by atoms with Crippen molar-refractivity contribution in [2.24, 2.45) is 0 Å². The second-order valence-corrected chi connectivity index (χ2v) is 10.0. The predicted octanol–water partition coefficient (Wildman–Crippen LogP) is 2.45. The normalized spacial score (nSPS) is 22.9. The minimum absolute atomic E-state index is 0.0384. The van der Waals surface area contributed by atoms with E-state index in [-0.39, 0.29) is 49.1 Å². The summed E-state index contributed by atoms with van der Waals surface area (Å²) in [7, 11) is 1.69. The lowest BCUT2D eigenvalue weighted by atomic mass is 9.97. The molecule has 37 heavy (non-hydrogen) atoms. The molecule has 10 heteroatoms. The third-order valence-electron chi connectivity index (χ3n) is 7.58. The van der Waals surface area contributed by atoms with Crippen LogP contribution in [0.5, 0.6) is 5.75 Å². The summed E-state index contributed by atoms with van der Waals surface area (Å²) < 4.78 is 13.3. The number of hydrazine groups is 1. The average Bonchev–Trinajstić information content (AvgIpc) is 3.41. The molecule has 2 aliphatic heterocycles. The molecule has 9 nitrogen and oxygen atoms in total. The number of urea groups is 1. The smallest absolute Gasteiger partial charge is 0.334 e. The zero-order valence-corrected chi connectivity index (χ0v) is 20.8. The molecular weight excluding hydrogens is 477 g/mol. The predicted molar refractivity (Wildman–Crippen MR) is 133 cm³/mol. The highest BCUT2D eigenvalue weighted by Crippen LogP contribution is 2.33. The maximum Gasteiger partial charge on any atom is 0.334 e. The number of rotatable bonds is 5. The summed E-state index contributed by atoms with van der Waals surface area (Å²) in [6, 6.07) is 11.5. The maximum absolute atomic E-state index is 13.8. The minimum atomic E-state index is -0.752. The van der Waals surface area contributed by atoms with Gasteiger partial charge < -0.3 is 20.2 Å². The average molecular weight is 510 g/mol. The first kappa shape index (κ1) is 25.0. The van der Waals surface area contributed by atoms with Crippen LogP contribution in [0.3, 0.4) is 0 Å². The van der Waals surface area contributed by atoms with Crippen molar-refractivity contribution in [3.63, 3.8) is 0 Å². The van der Waals surface area contributed by atoms with Crippen LogP contribution in [-0.2, 0) is 22.6 Å². The van der Waals surface area contributed by atoms with Crippen molar-refractivity contribution in [2.75, 3.05) is 20.1 Å². The summed E-state index contributed by atoms with van der Waals surface area (Å²) in [5.74, 6) is -0.526. The molecule has 2 saturated heterocycles. The molecule has 3 aliphatic rings. The van der Waals surface area contributed by atoms with Crippen LogP contribution >= 0.6 is 0 Å². The van der Waals surface area contributed by atoms with E-state index in [9.17, 15) is 23.9 Å². The van der Waals surface area contributed by atoms with Crippen LogP contribution in [0.2, 0.25) is 0 Å². The molecule has 2 atom stereocenters. The van der Waals surface area contributed by atoms with Gasteiger partial charge in [0.1, 0.15) is 23.8 Å². The minimum Gasteiger partial charge on any atom is -0.508 e. The summed E-state index contributed by atoms with van der Waals surface area (Å²) in [6.07, 6.45) is 3.55. The van der Waals surface area contributed by atoms with Gasteiger partial charge in [0.2, 0.25) is 11.8 Å². The quantitative estimate of drug-likeness (QED) is 0.646. The van der Waals surface area contributed by atoms with E-state index >= 15 is 0 Å². The Balaban J connectivity index is 1.43. The van der Waals surface area contributed by atoms with E-state index in [1.165, 1.54) is 17.1 Å². The molecule has 0 bridgehead atoms. The largest absolute Gasteiger partial charge is 0.508 e. The van der Waals surface area contributed by atoms with Crippen LogP contribution in [0.15, 0.2) is 48.5 Å². The van der Waals surface area contributed by atoms with Crippen molar-refractivity contribution >= 4 is 17.8 Å². The topological polar surface area (TPSA) is 96.4 Å². The molecule has 1 unspecified atom stereocenters. The zero-order chi connectivity index (χ0) is 26.1. The van der Waals surface area contributed by atoms with Crippen molar-refractivity contribution in [1.82, 2.24) is 25.1 Å². The summed E-state index contributed by atoms with van der Waals surface area (Å²) in [5.41, 5.74) is 1.57.